The zero-order valence-electron chi connectivity index (χ0n) is 10.8. The highest BCUT2D eigenvalue weighted by molar-refractivity contribution is 5.31. The van der Waals surface area contributed by atoms with Gasteiger partial charge >= 0.3 is 0 Å². The van der Waals surface area contributed by atoms with Crippen molar-refractivity contribution in [3.63, 3.8) is 0 Å². The Balaban J connectivity index is 1.78. The third-order valence-electron chi connectivity index (χ3n) is 3.63. The molecule has 0 bridgehead atoms. The van der Waals surface area contributed by atoms with Gasteiger partial charge < -0.3 is 10.5 Å². The van der Waals surface area contributed by atoms with E-state index in [0.717, 1.165) is 25.1 Å². The molecule has 0 spiro atoms. The number of nitrogens with zero attached hydrogens (tertiary/aromatic N) is 1. The number of hydrogen-bond acceptors (Lipinski definition) is 3. The fraction of sp³-hybridized carbons (Fsp3) is 0.312. The highest BCUT2D eigenvalue weighted by Gasteiger charge is 2.23. The van der Waals surface area contributed by atoms with Crippen molar-refractivity contribution in [1.29, 1.82) is 0 Å². The number of aromatic nitrogens is 1. The SMILES string of the molecule is NC(CC1OCCc2ccccc21)c1ccccn1. The Bertz CT molecular complexity index is 541. The van der Waals surface area contributed by atoms with E-state index in [-0.39, 0.29) is 12.1 Å². The summed E-state index contributed by atoms with van der Waals surface area (Å²) >= 11 is 0. The van der Waals surface area contributed by atoms with E-state index in [1.807, 2.05) is 18.2 Å². The second kappa shape index (κ2) is 5.51. The molecule has 1 aliphatic rings. The molecule has 0 aliphatic carbocycles. The lowest BCUT2D eigenvalue weighted by atomic mass is 9.93. The van der Waals surface area contributed by atoms with Gasteiger partial charge in [0.05, 0.1) is 18.4 Å². The lowest BCUT2D eigenvalue weighted by Crippen LogP contribution is -2.22. The minimum absolute atomic E-state index is 0.0851. The second-order valence-electron chi connectivity index (χ2n) is 4.91. The van der Waals surface area contributed by atoms with Gasteiger partial charge in [0.25, 0.3) is 0 Å². The summed E-state index contributed by atoms with van der Waals surface area (Å²) in [5.41, 5.74) is 9.82. The van der Waals surface area contributed by atoms with Crippen molar-refractivity contribution in [2.75, 3.05) is 6.61 Å². The maximum Gasteiger partial charge on any atom is 0.0846 e. The Morgan fingerprint density at radius 3 is 2.89 bits per heavy atom. The van der Waals surface area contributed by atoms with Gasteiger partial charge in [-0.1, -0.05) is 30.3 Å². The number of ether oxygens (including phenoxy) is 1. The van der Waals surface area contributed by atoms with Crippen LogP contribution in [0.2, 0.25) is 0 Å². The molecule has 98 valence electrons. The molecule has 1 aliphatic heterocycles. The fourth-order valence-electron chi connectivity index (χ4n) is 2.62. The standard InChI is InChI=1S/C16H18N2O/c17-14(15-7-3-4-9-18-15)11-16-13-6-2-1-5-12(13)8-10-19-16/h1-7,9,14,16H,8,10-11,17H2. The Morgan fingerprint density at radius 2 is 2.05 bits per heavy atom. The van der Waals surface area contributed by atoms with E-state index in [4.69, 9.17) is 10.5 Å². The summed E-state index contributed by atoms with van der Waals surface area (Å²) in [5, 5.41) is 0. The molecule has 2 N–H and O–H groups in total. The van der Waals surface area contributed by atoms with E-state index in [1.54, 1.807) is 6.20 Å². The first-order valence-corrected chi connectivity index (χ1v) is 6.70. The summed E-state index contributed by atoms with van der Waals surface area (Å²) in [6, 6.07) is 14.2. The molecular formula is C16H18N2O. The number of hydrogen-bond donors (Lipinski definition) is 1. The van der Waals surface area contributed by atoms with E-state index >= 15 is 0 Å². The number of nitrogens with two attached hydrogens (primary N) is 1. The monoisotopic (exact) mass is 254 g/mol. The lowest BCUT2D eigenvalue weighted by Gasteiger charge is -2.28. The van der Waals surface area contributed by atoms with Crippen LogP contribution in [-0.2, 0) is 11.2 Å². The number of benzene rings is 1. The van der Waals surface area contributed by atoms with Crippen LogP contribution in [0.15, 0.2) is 48.7 Å². The average Bonchev–Trinajstić information content (AvgIpc) is 2.48. The van der Waals surface area contributed by atoms with Gasteiger partial charge in [0.15, 0.2) is 0 Å². The number of fused-ring (bicyclic) bond motifs is 1. The zero-order chi connectivity index (χ0) is 13.1. The summed E-state index contributed by atoms with van der Waals surface area (Å²) in [6.45, 7) is 0.774. The number of pyridine rings is 1. The molecule has 2 unspecified atom stereocenters. The van der Waals surface area contributed by atoms with Gasteiger partial charge in [0.1, 0.15) is 0 Å². The average molecular weight is 254 g/mol. The van der Waals surface area contributed by atoms with Gasteiger partial charge in [0, 0.05) is 12.2 Å². The van der Waals surface area contributed by atoms with Gasteiger partial charge in [-0.05, 0) is 36.1 Å². The maximum absolute atomic E-state index is 6.24. The number of rotatable bonds is 3. The molecule has 2 atom stereocenters. The molecule has 1 aromatic heterocycles. The Kier molecular flexibility index (Phi) is 3.58. The third-order valence-corrected chi connectivity index (χ3v) is 3.63. The van der Waals surface area contributed by atoms with Crippen LogP contribution in [0.25, 0.3) is 0 Å². The quantitative estimate of drug-likeness (QED) is 0.916. The first kappa shape index (κ1) is 12.3. The highest BCUT2D eigenvalue weighted by atomic mass is 16.5. The van der Waals surface area contributed by atoms with Gasteiger partial charge in [-0.2, -0.15) is 0 Å². The van der Waals surface area contributed by atoms with Gasteiger partial charge in [0.2, 0.25) is 0 Å². The smallest absolute Gasteiger partial charge is 0.0846 e. The van der Waals surface area contributed by atoms with E-state index < -0.39 is 0 Å². The molecule has 1 aromatic carbocycles. The van der Waals surface area contributed by atoms with E-state index in [1.165, 1.54) is 11.1 Å². The molecule has 0 saturated heterocycles. The van der Waals surface area contributed by atoms with Crippen molar-refractivity contribution in [1.82, 2.24) is 4.98 Å². The van der Waals surface area contributed by atoms with Crippen LogP contribution in [0, 0.1) is 0 Å². The lowest BCUT2D eigenvalue weighted by molar-refractivity contribution is 0.0317. The predicted molar refractivity (Wildman–Crippen MR) is 74.6 cm³/mol. The molecule has 3 nitrogen and oxygen atoms in total. The van der Waals surface area contributed by atoms with E-state index in [2.05, 4.69) is 29.2 Å². The van der Waals surface area contributed by atoms with Crippen LogP contribution < -0.4 is 5.73 Å². The van der Waals surface area contributed by atoms with E-state index in [0.29, 0.717) is 0 Å². The predicted octanol–water partition coefficient (Wildman–Crippen LogP) is 2.79. The highest BCUT2D eigenvalue weighted by Crippen LogP contribution is 2.32. The summed E-state index contributed by atoms with van der Waals surface area (Å²) in [6.07, 6.45) is 3.63. The molecule has 3 heteroatoms. The summed E-state index contributed by atoms with van der Waals surface area (Å²) < 4.78 is 5.89. The summed E-state index contributed by atoms with van der Waals surface area (Å²) in [7, 11) is 0. The third kappa shape index (κ3) is 2.67. The first-order valence-electron chi connectivity index (χ1n) is 6.70. The minimum atomic E-state index is -0.0858. The maximum atomic E-state index is 6.24. The fourth-order valence-corrected chi connectivity index (χ4v) is 2.62. The van der Waals surface area contributed by atoms with Crippen molar-refractivity contribution in [3.05, 3.63) is 65.5 Å². The first-order chi connectivity index (χ1) is 9.34. The van der Waals surface area contributed by atoms with Crippen molar-refractivity contribution >= 4 is 0 Å². The second-order valence-corrected chi connectivity index (χ2v) is 4.91. The van der Waals surface area contributed by atoms with Crippen LogP contribution in [0.3, 0.4) is 0 Å². The molecule has 2 heterocycles. The van der Waals surface area contributed by atoms with Crippen molar-refractivity contribution in [3.8, 4) is 0 Å². The molecule has 2 aromatic rings. The summed E-state index contributed by atoms with van der Waals surface area (Å²) in [5.74, 6) is 0. The van der Waals surface area contributed by atoms with Crippen LogP contribution >= 0.6 is 0 Å². The normalized spacial score (nSPS) is 19.7. The van der Waals surface area contributed by atoms with Gasteiger partial charge in [-0.3, -0.25) is 4.98 Å². The van der Waals surface area contributed by atoms with Crippen LogP contribution in [0.5, 0.6) is 0 Å². The molecule has 0 radical (unpaired) electrons. The van der Waals surface area contributed by atoms with Crippen LogP contribution in [-0.4, -0.2) is 11.6 Å². The Hall–Kier alpha value is -1.71. The van der Waals surface area contributed by atoms with Gasteiger partial charge in [-0.25, -0.2) is 0 Å². The van der Waals surface area contributed by atoms with Crippen LogP contribution in [0.1, 0.15) is 35.4 Å². The minimum Gasteiger partial charge on any atom is -0.373 e. The largest absolute Gasteiger partial charge is 0.373 e. The molecule has 3 rings (SSSR count). The van der Waals surface area contributed by atoms with Crippen molar-refractivity contribution in [2.45, 2.75) is 25.0 Å². The zero-order valence-corrected chi connectivity index (χ0v) is 10.8. The van der Waals surface area contributed by atoms with Crippen molar-refractivity contribution in [2.24, 2.45) is 5.73 Å². The topological polar surface area (TPSA) is 48.1 Å². The van der Waals surface area contributed by atoms with E-state index in [9.17, 15) is 0 Å². The molecule has 0 fully saturated rings. The molecular weight excluding hydrogens is 236 g/mol. The molecule has 0 amide bonds. The Morgan fingerprint density at radius 1 is 1.21 bits per heavy atom. The Labute approximate surface area is 113 Å². The summed E-state index contributed by atoms with van der Waals surface area (Å²) in [4.78, 5) is 4.32. The van der Waals surface area contributed by atoms with Gasteiger partial charge in [-0.15, -0.1) is 0 Å². The van der Waals surface area contributed by atoms with Crippen molar-refractivity contribution < 1.29 is 4.74 Å². The molecule has 19 heavy (non-hydrogen) atoms. The molecule has 0 saturated carbocycles. The van der Waals surface area contributed by atoms with Crippen LogP contribution in [0.4, 0.5) is 0 Å².